The molecule has 2 N–H and O–H groups in total. The SMILES string of the molecule is O=C(N/C=C/c1cccc(F)c1)NC12CC3CC(CC(C3)C1)C2. The predicted octanol–water partition coefficient (Wildman–Crippen LogP) is 4.06. The molecule has 0 unspecified atom stereocenters. The average molecular weight is 314 g/mol. The van der Waals surface area contributed by atoms with Crippen LogP contribution in [-0.2, 0) is 0 Å². The van der Waals surface area contributed by atoms with Gasteiger partial charge in [0.1, 0.15) is 5.82 Å². The van der Waals surface area contributed by atoms with Crippen LogP contribution in [0.1, 0.15) is 44.1 Å². The molecular formula is C19H23FN2O. The van der Waals surface area contributed by atoms with Crippen molar-refractivity contribution in [1.82, 2.24) is 10.6 Å². The normalized spacial score (nSPS) is 34.7. The van der Waals surface area contributed by atoms with E-state index in [1.54, 1.807) is 24.4 Å². The topological polar surface area (TPSA) is 41.1 Å². The first-order valence-electron chi connectivity index (χ1n) is 8.61. The van der Waals surface area contributed by atoms with E-state index in [1.807, 2.05) is 0 Å². The number of urea groups is 1. The lowest BCUT2D eigenvalue weighted by atomic mass is 9.53. The van der Waals surface area contributed by atoms with Crippen molar-refractivity contribution in [1.29, 1.82) is 0 Å². The maximum Gasteiger partial charge on any atom is 0.319 e. The van der Waals surface area contributed by atoms with E-state index in [0.717, 1.165) is 42.6 Å². The van der Waals surface area contributed by atoms with Gasteiger partial charge in [0.05, 0.1) is 0 Å². The molecule has 0 heterocycles. The van der Waals surface area contributed by atoms with Gasteiger partial charge in [-0.3, -0.25) is 0 Å². The maximum atomic E-state index is 13.1. The van der Waals surface area contributed by atoms with Crippen LogP contribution in [0.2, 0.25) is 0 Å². The van der Waals surface area contributed by atoms with Crippen molar-refractivity contribution in [2.24, 2.45) is 17.8 Å². The standard InChI is InChI=1S/C19H23FN2O/c20-17-3-1-2-13(9-17)4-5-21-18(23)22-19-10-14-6-15(11-19)8-16(7-14)12-19/h1-5,9,14-16H,6-8,10-12H2,(H2,21,22,23)/b5-4+. The fraction of sp³-hybridized carbons (Fsp3) is 0.526. The highest BCUT2D eigenvalue weighted by Gasteiger charge is 2.51. The molecule has 0 spiro atoms. The highest BCUT2D eigenvalue weighted by atomic mass is 19.1. The van der Waals surface area contributed by atoms with Crippen LogP contribution in [0.5, 0.6) is 0 Å². The Balaban J connectivity index is 1.35. The van der Waals surface area contributed by atoms with E-state index in [1.165, 1.54) is 31.4 Å². The van der Waals surface area contributed by atoms with E-state index >= 15 is 0 Å². The van der Waals surface area contributed by atoms with Crippen LogP contribution in [0.25, 0.3) is 6.08 Å². The van der Waals surface area contributed by atoms with Gasteiger partial charge in [-0.15, -0.1) is 0 Å². The molecule has 4 fully saturated rings. The Morgan fingerprint density at radius 3 is 2.39 bits per heavy atom. The molecular weight excluding hydrogens is 291 g/mol. The Morgan fingerprint density at radius 2 is 1.78 bits per heavy atom. The molecule has 0 aromatic heterocycles. The van der Waals surface area contributed by atoms with Crippen LogP contribution in [-0.4, -0.2) is 11.6 Å². The Hall–Kier alpha value is -1.84. The van der Waals surface area contributed by atoms with Crippen LogP contribution in [0.4, 0.5) is 9.18 Å². The monoisotopic (exact) mass is 314 g/mol. The number of hydrogen-bond donors (Lipinski definition) is 2. The molecule has 5 rings (SSSR count). The maximum absolute atomic E-state index is 13.1. The summed E-state index contributed by atoms with van der Waals surface area (Å²) in [5.41, 5.74) is 0.756. The largest absolute Gasteiger partial charge is 0.332 e. The Bertz CT molecular complexity index is 605. The second kappa shape index (κ2) is 5.66. The van der Waals surface area contributed by atoms with E-state index in [9.17, 15) is 9.18 Å². The first-order valence-corrected chi connectivity index (χ1v) is 8.61. The second-order valence-electron chi connectivity index (χ2n) is 7.68. The quantitative estimate of drug-likeness (QED) is 0.868. The van der Waals surface area contributed by atoms with Crippen molar-refractivity contribution < 1.29 is 9.18 Å². The third-order valence-electron chi connectivity index (χ3n) is 5.76. The number of amides is 2. The molecule has 4 saturated carbocycles. The second-order valence-corrected chi connectivity index (χ2v) is 7.68. The molecule has 122 valence electrons. The van der Waals surface area contributed by atoms with Crippen LogP contribution < -0.4 is 10.6 Å². The summed E-state index contributed by atoms with van der Waals surface area (Å²) in [5, 5.41) is 6.02. The van der Waals surface area contributed by atoms with E-state index < -0.39 is 0 Å². The van der Waals surface area contributed by atoms with Gasteiger partial charge in [-0.05, 0) is 80.1 Å². The van der Waals surface area contributed by atoms with Gasteiger partial charge in [0.15, 0.2) is 0 Å². The third-order valence-corrected chi connectivity index (χ3v) is 5.76. The summed E-state index contributed by atoms with van der Waals surface area (Å²) >= 11 is 0. The number of hydrogen-bond acceptors (Lipinski definition) is 1. The number of carbonyl (C=O) groups is 1. The number of halogens is 1. The molecule has 4 heteroatoms. The van der Waals surface area contributed by atoms with Crippen molar-refractivity contribution in [2.45, 2.75) is 44.1 Å². The number of rotatable bonds is 3. The van der Waals surface area contributed by atoms with Gasteiger partial charge in [-0.25, -0.2) is 9.18 Å². The molecule has 0 saturated heterocycles. The van der Waals surface area contributed by atoms with Crippen molar-refractivity contribution in [2.75, 3.05) is 0 Å². The molecule has 23 heavy (non-hydrogen) atoms. The molecule has 3 nitrogen and oxygen atoms in total. The third kappa shape index (κ3) is 3.12. The highest BCUT2D eigenvalue weighted by molar-refractivity contribution is 5.76. The van der Waals surface area contributed by atoms with E-state index in [0.29, 0.717) is 0 Å². The van der Waals surface area contributed by atoms with Gasteiger partial charge in [0.2, 0.25) is 0 Å². The lowest BCUT2D eigenvalue weighted by Crippen LogP contribution is -2.61. The molecule has 4 bridgehead atoms. The predicted molar refractivity (Wildman–Crippen MR) is 88.0 cm³/mol. The summed E-state index contributed by atoms with van der Waals surface area (Å²) in [7, 11) is 0. The molecule has 0 atom stereocenters. The van der Waals surface area contributed by atoms with Crippen molar-refractivity contribution in [3.8, 4) is 0 Å². The molecule has 0 aliphatic heterocycles. The van der Waals surface area contributed by atoms with Gasteiger partial charge >= 0.3 is 6.03 Å². The zero-order valence-electron chi connectivity index (χ0n) is 13.2. The van der Waals surface area contributed by atoms with E-state index in [4.69, 9.17) is 0 Å². The van der Waals surface area contributed by atoms with Gasteiger partial charge in [0, 0.05) is 11.7 Å². The van der Waals surface area contributed by atoms with Crippen molar-refractivity contribution in [3.63, 3.8) is 0 Å². The molecule has 0 radical (unpaired) electrons. The first-order chi connectivity index (χ1) is 11.1. The number of carbonyl (C=O) groups excluding carboxylic acids is 1. The Labute approximate surface area is 136 Å². The summed E-state index contributed by atoms with van der Waals surface area (Å²) in [6.07, 6.45) is 10.8. The lowest BCUT2D eigenvalue weighted by molar-refractivity contribution is -0.0133. The van der Waals surface area contributed by atoms with Crippen LogP contribution >= 0.6 is 0 Å². The average Bonchev–Trinajstić information content (AvgIpc) is 2.45. The molecule has 1 aromatic rings. The summed E-state index contributed by atoms with van der Waals surface area (Å²) in [5.74, 6) is 2.16. The van der Waals surface area contributed by atoms with Crippen molar-refractivity contribution >= 4 is 12.1 Å². The van der Waals surface area contributed by atoms with Crippen molar-refractivity contribution in [3.05, 3.63) is 41.8 Å². The highest BCUT2D eigenvalue weighted by Crippen LogP contribution is 2.55. The van der Waals surface area contributed by atoms with E-state index in [2.05, 4.69) is 10.6 Å². The summed E-state index contributed by atoms with van der Waals surface area (Å²) in [6, 6.07) is 6.17. The smallest absolute Gasteiger partial charge is 0.319 e. The minimum absolute atomic E-state index is 0.0194. The first kappa shape index (κ1) is 14.7. The molecule has 4 aliphatic carbocycles. The zero-order chi connectivity index (χ0) is 15.9. The Morgan fingerprint density at radius 1 is 1.13 bits per heavy atom. The molecule has 4 aliphatic rings. The fourth-order valence-corrected chi connectivity index (χ4v) is 5.36. The van der Waals surface area contributed by atoms with Crippen LogP contribution in [0.15, 0.2) is 30.5 Å². The molecule has 1 aromatic carbocycles. The van der Waals surface area contributed by atoms with Crippen LogP contribution in [0, 0.1) is 23.6 Å². The minimum Gasteiger partial charge on any atom is -0.332 e. The minimum atomic E-state index is -0.273. The van der Waals surface area contributed by atoms with Gasteiger partial charge in [-0.1, -0.05) is 12.1 Å². The fourth-order valence-electron chi connectivity index (χ4n) is 5.36. The Kier molecular flexibility index (Phi) is 3.63. The lowest BCUT2D eigenvalue weighted by Gasteiger charge is -2.56. The number of nitrogens with one attached hydrogen (secondary N) is 2. The van der Waals surface area contributed by atoms with Gasteiger partial charge in [0.25, 0.3) is 0 Å². The number of benzene rings is 1. The summed E-state index contributed by atoms with van der Waals surface area (Å²) in [4.78, 5) is 12.2. The van der Waals surface area contributed by atoms with Crippen LogP contribution in [0.3, 0.4) is 0 Å². The zero-order valence-corrected chi connectivity index (χ0v) is 13.2. The molecule has 2 amide bonds. The van der Waals surface area contributed by atoms with Gasteiger partial charge in [-0.2, -0.15) is 0 Å². The summed E-state index contributed by atoms with van der Waals surface area (Å²) in [6.45, 7) is 0. The van der Waals surface area contributed by atoms with Gasteiger partial charge < -0.3 is 10.6 Å². The summed E-state index contributed by atoms with van der Waals surface area (Å²) < 4.78 is 13.1. The van der Waals surface area contributed by atoms with E-state index in [-0.39, 0.29) is 17.4 Å².